The molecular formula is C22H20N6O3. The summed E-state index contributed by atoms with van der Waals surface area (Å²) < 4.78 is 1.53. The minimum absolute atomic E-state index is 0.0469. The summed E-state index contributed by atoms with van der Waals surface area (Å²) in [4.78, 5) is 37.6. The largest absolute Gasteiger partial charge is 0.477 e. The fourth-order valence-electron chi connectivity index (χ4n) is 3.46. The third-order valence-corrected chi connectivity index (χ3v) is 4.92. The number of nitrogens with two attached hydrogens (primary N) is 1. The zero-order chi connectivity index (χ0) is 22.1. The zero-order valence-corrected chi connectivity index (χ0v) is 16.9. The minimum atomic E-state index is -1.20. The van der Waals surface area contributed by atoms with Crippen molar-refractivity contribution in [1.82, 2.24) is 19.5 Å². The van der Waals surface area contributed by atoms with Crippen LogP contribution in [0.3, 0.4) is 0 Å². The summed E-state index contributed by atoms with van der Waals surface area (Å²) in [6.45, 7) is 3.64. The number of carboxylic acid groups (broad SMARTS) is 1. The van der Waals surface area contributed by atoms with Gasteiger partial charge in [0.05, 0.1) is 22.6 Å². The first kappa shape index (κ1) is 20.0. The SMILES string of the molecule is Cc1cccc2nc(C(C)Nc3nc(N)ncc3C(=O)O)n(-c3ccccc3)c(=O)c12. The van der Waals surface area contributed by atoms with E-state index >= 15 is 0 Å². The van der Waals surface area contributed by atoms with E-state index in [0.29, 0.717) is 22.4 Å². The topological polar surface area (TPSA) is 136 Å². The van der Waals surface area contributed by atoms with Gasteiger partial charge in [-0.3, -0.25) is 9.36 Å². The molecule has 2 aromatic heterocycles. The highest BCUT2D eigenvalue weighted by Gasteiger charge is 2.21. The molecule has 0 spiro atoms. The second-order valence-corrected chi connectivity index (χ2v) is 7.08. The van der Waals surface area contributed by atoms with Gasteiger partial charge in [-0.1, -0.05) is 30.3 Å². The average Bonchev–Trinajstić information content (AvgIpc) is 2.74. The molecule has 0 saturated heterocycles. The quantitative estimate of drug-likeness (QED) is 0.452. The summed E-state index contributed by atoms with van der Waals surface area (Å²) in [5, 5.41) is 13.0. The lowest BCUT2D eigenvalue weighted by atomic mass is 10.1. The van der Waals surface area contributed by atoms with Crippen LogP contribution in [-0.4, -0.2) is 30.6 Å². The van der Waals surface area contributed by atoms with E-state index < -0.39 is 12.0 Å². The Hall–Kier alpha value is -4.27. The van der Waals surface area contributed by atoms with E-state index in [1.54, 1.807) is 13.0 Å². The standard InChI is InChI=1S/C22H20N6O3/c1-12-7-6-10-16-17(12)20(29)28(14-8-4-3-5-9-14)19(26-16)13(2)25-18-15(21(30)31)11-24-22(23)27-18/h3-11,13H,1-2H3,(H,30,31)(H3,23,24,25,27). The molecular weight excluding hydrogens is 396 g/mol. The van der Waals surface area contributed by atoms with Crippen LogP contribution in [0.4, 0.5) is 11.8 Å². The van der Waals surface area contributed by atoms with Gasteiger partial charge in [0.1, 0.15) is 17.2 Å². The highest BCUT2D eigenvalue weighted by Crippen LogP contribution is 2.24. The predicted molar refractivity (Wildman–Crippen MR) is 118 cm³/mol. The first-order valence-corrected chi connectivity index (χ1v) is 9.57. The Balaban J connectivity index is 1.92. The second kappa shape index (κ2) is 7.86. The Morgan fingerprint density at radius 1 is 1.13 bits per heavy atom. The van der Waals surface area contributed by atoms with Gasteiger partial charge in [-0.25, -0.2) is 14.8 Å². The maximum absolute atomic E-state index is 13.5. The number of hydrogen-bond acceptors (Lipinski definition) is 7. The Bertz CT molecular complexity index is 1350. The summed E-state index contributed by atoms with van der Waals surface area (Å²) in [5.41, 5.74) is 7.34. The number of benzene rings is 2. The molecule has 4 N–H and O–H groups in total. The first-order chi connectivity index (χ1) is 14.9. The van der Waals surface area contributed by atoms with E-state index in [1.165, 1.54) is 4.57 Å². The summed E-state index contributed by atoms with van der Waals surface area (Å²) in [5.74, 6) is -0.812. The van der Waals surface area contributed by atoms with Crippen molar-refractivity contribution < 1.29 is 9.90 Å². The minimum Gasteiger partial charge on any atom is -0.477 e. The number of aromatic nitrogens is 4. The second-order valence-electron chi connectivity index (χ2n) is 7.08. The third kappa shape index (κ3) is 3.68. The van der Waals surface area contributed by atoms with Gasteiger partial charge >= 0.3 is 5.97 Å². The lowest BCUT2D eigenvalue weighted by molar-refractivity contribution is 0.0697. The highest BCUT2D eigenvalue weighted by molar-refractivity contribution is 5.93. The van der Waals surface area contributed by atoms with Gasteiger partial charge in [-0.05, 0) is 37.6 Å². The molecule has 0 amide bonds. The first-order valence-electron chi connectivity index (χ1n) is 9.57. The molecule has 1 atom stereocenters. The lowest BCUT2D eigenvalue weighted by Gasteiger charge is -2.21. The van der Waals surface area contributed by atoms with Crippen LogP contribution in [0.2, 0.25) is 0 Å². The number of carbonyl (C=O) groups is 1. The van der Waals surface area contributed by atoms with Crippen molar-refractivity contribution in [3.8, 4) is 5.69 Å². The maximum Gasteiger partial charge on any atom is 0.341 e. The number of nitrogen functional groups attached to an aromatic ring is 1. The number of aromatic carboxylic acids is 1. The fourth-order valence-corrected chi connectivity index (χ4v) is 3.46. The molecule has 0 radical (unpaired) electrons. The number of hydrogen-bond donors (Lipinski definition) is 3. The number of nitrogens with one attached hydrogen (secondary N) is 1. The van der Waals surface area contributed by atoms with Gasteiger partial charge in [0.2, 0.25) is 5.95 Å². The molecule has 2 heterocycles. The van der Waals surface area contributed by atoms with Gasteiger partial charge < -0.3 is 16.2 Å². The van der Waals surface area contributed by atoms with Crippen molar-refractivity contribution in [3.63, 3.8) is 0 Å². The predicted octanol–water partition coefficient (Wildman–Crippen LogP) is 2.94. The average molecular weight is 416 g/mol. The summed E-state index contributed by atoms with van der Waals surface area (Å²) in [6.07, 6.45) is 1.14. The lowest BCUT2D eigenvalue weighted by Crippen LogP contribution is -2.28. The van der Waals surface area contributed by atoms with E-state index in [-0.39, 0.29) is 22.9 Å². The van der Waals surface area contributed by atoms with Crippen LogP contribution in [0, 0.1) is 6.92 Å². The highest BCUT2D eigenvalue weighted by atomic mass is 16.4. The number of aryl methyl sites for hydroxylation is 1. The molecule has 4 aromatic rings. The van der Waals surface area contributed by atoms with Crippen LogP contribution in [-0.2, 0) is 0 Å². The van der Waals surface area contributed by atoms with Crippen molar-refractivity contribution in [2.75, 3.05) is 11.1 Å². The molecule has 9 heteroatoms. The molecule has 0 fully saturated rings. The van der Waals surface area contributed by atoms with Crippen LogP contribution in [0.1, 0.15) is 34.7 Å². The molecule has 0 bridgehead atoms. The van der Waals surface area contributed by atoms with Gasteiger partial charge in [-0.2, -0.15) is 4.98 Å². The van der Waals surface area contributed by atoms with Crippen LogP contribution in [0.5, 0.6) is 0 Å². The molecule has 4 rings (SSSR count). The molecule has 0 aliphatic carbocycles. The van der Waals surface area contributed by atoms with Gasteiger partial charge in [0, 0.05) is 6.20 Å². The van der Waals surface area contributed by atoms with Crippen LogP contribution in [0.25, 0.3) is 16.6 Å². The van der Waals surface area contributed by atoms with Gasteiger partial charge in [0.25, 0.3) is 5.56 Å². The summed E-state index contributed by atoms with van der Waals surface area (Å²) >= 11 is 0. The summed E-state index contributed by atoms with van der Waals surface area (Å²) in [7, 11) is 0. The summed E-state index contributed by atoms with van der Waals surface area (Å²) in [6, 6.07) is 14.1. The zero-order valence-electron chi connectivity index (χ0n) is 16.9. The number of para-hydroxylation sites is 1. The van der Waals surface area contributed by atoms with Crippen molar-refractivity contribution >= 4 is 28.6 Å². The fraction of sp³-hybridized carbons (Fsp3) is 0.136. The van der Waals surface area contributed by atoms with Crippen molar-refractivity contribution in [2.45, 2.75) is 19.9 Å². The molecule has 31 heavy (non-hydrogen) atoms. The van der Waals surface area contributed by atoms with Gasteiger partial charge in [-0.15, -0.1) is 0 Å². The van der Waals surface area contributed by atoms with Crippen LogP contribution < -0.4 is 16.6 Å². The van der Waals surface area contributed by atoms with Crippen molar-refractivity contribution in [2.24, 2.45) is 0 Å². The van der Waals surface area contributed by atoms with E-state index in [1.807, 2.05) is 49.4 Å². The van der Waals surface area contributed by atoms with E-state index in [9.17, 15) is 14.7 Å². The van der Waals surface area contributed by atoms with E-state index in [4.69, 9.17) is 10.7 Å². The molecule has 2 aromatic carbocycles. The van der Waals surface area contributed by atoms with Gasteiger partial charge in [0.15, 0.2) is 0 Å². The molecule has 156 valence electrons. The molecule has 1 unspecified atom stereocenters. The smallest absolute Gasteiger partial charge is 0.341 e. The van der Waals surface area contributed by atoms with Crippen molar-refractivity contribution in [1.29, 1.82) is 0 Å². The normalized spacial score (nSPS) is 11.9. The maximum atomic E-state index is 13.5. The number of rotatable bonds is 5. The third-order valence-electron chi connectivity index (χ3n) is 4.92. The Kier molecular flexibility index (Phi) is 5.08. The molecule has 0 aliphatic rings. The van der Waals surface area contributed by atoms with Crippen LogP contribution >= 0.6 is 0 Å². The molecule has 0 aliphatic heterocycles. The van der Waals surface area contributed by atoms with E-state index in [2.05, 4.69) is 15.3 Å². The number of nitrogens with zero attached hydrogens (tertiary/aromatic N) is 4. The number of anilines is 2. The molecule has 0 saturated carbocycles. The molecule has 9 nitrogen and oxygen atoms in total. The van der Waals surface area contributed by atoms with Crippen molar-refractivity contribution in [3.05, 3.63) is 82.0 Å². The Morgan fingerprint density at radius 3 is 2.58 bits per heavy atom. The Labute approximate surface area is 177 Å². The monoisotopic (exact) mass is 416 g/mol. The van der Waals surface area contributed by atoms with Crippen LogP contribution in [0.15, 0.2) is 59.5 Å². The number of carboxylic acids is 1. The Morgan fingerprint density at radius 2 is 1.87 bits per heavy atom. The van der Waals surface area contributed by atoms with E-state index in [0.717, 1.165) is 11.8 Å². The number of fused-ring (bicyclic) bond motifs is 1.